The number of carbonyl (C=O) groups excluding carboxylic acids is 1. The van der Waals surface area contributed by atoms with E-state index in [2.05, 4.69) is 54.6 Å². The lowest BCUT2D eigenvalue weighted by molar-refractivity contribution is 0.102. The third kappa shape index (κ3) is 6.24. The van der Waals surface area contributed by atoms with E-state index in [4.69, 9.17) is 18.6 Å². The van der Waals surface area contributed by atoms with Crippen LogP contribution in [0.25, 0.3) is 0 Å². The SMILES string of the molecule is COc1cc(OCc2ccccc2)c2c(c1)[C@@H](CC1=C(C)C(O[Si](C)(C)C(C)(C)C)CCC1(C)C)c1c(OC)ccc(O)c1C2=O. The zero-order valence-electron chi connectivity index (χ0n) is 29.2. The van der Waals surface area contributed by atoms with E-state index in [1.807, 2.05) is 36.4 Å². The van der Waals surface area contributed by atoms with Gasteiger partial charge in [-0.1, -0.05) is 70.5 Å². The summed E-state index contributed by atoms with van der Waals surface area (Å²) in [7, 11) is 1.21. The molecule has 6 nitrogen and oxygen atoms in total. The van der Waals surface area contributed by atoms with Gasteiger partial charge in [-0.25, -0.2) is 0 Å². The molecule has 0 radical (unpaired) electrons. The van der Waals surface area contributed by atoms with Gasteiger partial charge in [0.25, 0.3) is 0 Å². The fourth-order valence-corrected chi connectivity index (χ4v) is 8.21. The molecule has 0 saturated heterocycles. The van der Waals surface area contributed by atoms with Crippen LogP contribution in [0, 0.1) is 5.41 Å². The molecule has 246 valence electrons. The number of aromatic hydroxyl groups is 1. The lowest BCUT2D eigenvalue weighted by Crippen LogP contribution is -2.45. The van der Waals surface area contributed by atoms with E-state index in [-0.39, 0.29) is 39.6 Å². The number of phenolic OH excluding ortho intramolecular Hbond substituents is 1. The first kappa shape index (κ1) is 33.8. The van der Waals surface area contributed by atoms with Gasteiger partial charge in [0.15, 0.2) is 8.32 Å². The van der Waals surface area contributed by atoms with E-state index in [1.165, 1.54) is 11.1 Å². The van der Waals surface area contributed by atoms with Crippen LogP contribution in [-0.2, 0) is 11.0 Å². The number of hydrogen-bond donors (Lipinski definition) is 1. The van der Waals surface area contributed by atoms with Crippen molar-refractivity contribution in [3.63, 3.8) is 0 Å². The van der Waals surface area contributed by atoms with Gasteiger partial charge in [0.05, 0.1) is 31.5 Å². The topological polar surface area (TPSA) is 74.2 Å². The Bertz CT molecular complexity index is 1650. The van der Waals surface area contributed by atoms with E-state index in [9.17, 15) is 9.90 Å². The molecule has 0 aliphatic heterocycles. The van der Waals surface area contributed by atoms with E-state index in [0.29, 0.717) is 41.4 Å². The Labute approximate surface area is 275 Å². The summed E-state index contributed by atoms with van der Waals surface area (Å²) in [6, 6.07) is 16.9. The van der Waals surface area contributed by atoms with Crippen molar-refractivity contribution >= 4 is 14.1 Å². The quantitative estimate of drug-likeness (QED) is 0.185. The van der Waals surface area contributed by atoms with Gasteiger partial charge in [-0.3, -0.25) is 4.79 Å². The van der Waals surface area contributed by atoms with Crippen LogP contribution in [0.1, 0.15) is 99.3 Å². The first-order chi connectivity index (χ1) is 21.6. The summed E-state index contributed by atoms with van der Waals surface area (Å²) in [5.74, 6) is 0.982. The van der Waals surface area contributed by atoms with E-state index >= 15 is 0 Å². The number of methoxy groups -OCH3 is 2. The number of allylic oxidation sites excluding steroid dienone is 1. The van der Waals surface area contributed by atoms with Crippen molar-refractivity contribution in [1.82, 2.24) is 0 Å². The predicted octanol–water partition coefficient (Wildman–Crippen LogP) is 9.58. The largest absolute Gasteiger partial charge is 0.507 e. The highest BCUT2D eigenvalue weighted by Crippen LogP contribution is 2.54. The van der Waals surface area contributed by atoms with E-state index in [1.54, 1.807) is 32.4 Å². The summed E-state index contributed by atoms with van der Waals surface area (Å²) in [5.41, 5.74) is 5.72. The standard InChI is InChI=1S/C39H50O6Si/c1-24-29(39(5,6)19-18-31(24)45-46(9,10)38(2,3)4)22-28-27-20-26(42-7)21-33(44-23-25-14-12-11-13-15-25)35(27)37(41)36-30(40)16-17-32(43-8)34(28)36/h11-17,20-21,28,31,40H,18-19,22-23H2,1-10H3/t28-,31?/m1/s1. The molecule has 3 aromatic rings. The smallest absolute Gasteiger partial charge is 0.201 e. The second kappa shape index (κ2) is 12.6. The Morgan fingerprint density at radius 1 is 0.957 bits per heavy atom. The molecular formula is C39H50O6Si. The second-order valence-electron chi connectivity index (χ2n) is 15.0. The molecule has 0 heterocycles. The first-order valence-corrected chi connectivity index (χ1v) is 19.2. The van der Waals surface area contributed by atoms with Crippen LogP contribution in [0.5, 0.6) is 23.0 Å². The van der Waals surface area contributed by atoms with Crippen LogP contribution >= 0.6 is 0 Å². The number of carbonyl (C=O) groups is 1. The maximum atomic E-state index is 14.4. The normalized spacial score (nSPS) is 19.4. The molecule has 2 aliphatic rings. The summed E-state index contributed by atoms with van der Waals surface area (Å²) in [6.45, 7) is 18.6. The molecule has 1 N–H and O–H groups in total. The number of phenols is 1. The van der Waals surface area contributed by atoms with Crippen LogP contribution in [0.15, 0.2) is 65.7 Å². The highest BCUT2D eigenvalue weighted by Gasteiger charge is 2.44. The van der Waals surface area contributed by atoms with Gasteiger partial charge in [0, 0.05) is 17.5 Å². The van der Waals surface area contributed by atoms with Gasteiger partial charge < -0.3 is 23.7 Å². The number of ketones is 1. The summed E-state index contributed by atoms with van der Waals surface area (Å²) in [4.78, 5) is 14.4. The fraction of sp³-hybridized carbons (Fsp3) is 0.462. The Morgan fingerprint density at radius 3 is 2.28 bits per heavy atom. The van der Waals surface area contributed by atoms with Gasteiger partial charge in [-0.15, -0.1) is 0 Å². The van der Waals surface area contributed by atoms with Crippen molar-refractivity contribution in [3.8, 4) is 23.0 Å². The minimum atomic E-state index is -2.03. The highest BCUT2D eigenvalue weighted by molar-refractivity contribution is 6.74. The predicted molar refractivity (Wildman–Crippen MR) is 186 cm³/mol. The molecule has 1 unspecified atom stereocenters. The lowest BCUT2D eigenvalue weighted by atomic mass is 9.65. The Kier molecular flexibility index (Phi) is 9.24. The summed E-state index contributed by atoms with van der Waals surface area (Å²) in [5, 5.41) is 11.3. The van der Waals surface area contributed by atoms with Crippen molar-refractivity contribution in [1.29, 1.82) is 0 Å². The zero-order chi connectivity index (χ0) is 33.6. The van der Waals surface area contributed by atoms with Gasteiger partial charge in [0.1, 0.15) is 29.6 Å². The van der Waals surface area contributed by atoms with Gasteiger partial charge in [-0.2, -0.15) is 0 Å². The Hall–Kier alpha value is -3.55. The number of benzene rings is 3. The summed E-state index contributed by atoms with van der Waals surface area (Å²) >= 11 is 0. The molecule has 0 bridgehead atoms. The molecule has 0 amide bonds. The van der Waals surface area contributed by atoms with Gasteiger partial charge in [-0.05, 0) is 84.6 Å². The summed E-state index contributed by atoms with van der Waals surface area (Å²) < 4.78 is 25.1. The zero-order valence-corrected chi connectivity index (χ0v) is 30.2. The number of hydrogen-bond acceptors (Lipinski definition) is 6. The molecule has 5 rings (SSSR count). The fourth-order valence-electron chi connectivity index (χ4n) is 6.85. The van der Waals surface area contributed by atoms with Crippen molar-refractivity contribution in [2.75, 3.05) is 14.2 Å². The molecule has 0 saturated carbocycles. The highest BCUT2D eigenvalue weighted by atomic mass is 28.4. The van der Waals surface area contributed by atoms with Gasteiger partial charge >= 0.3 is 0 Å². The molecule has 7 heteroatoms. The van der Waals surface area contributed by atoms with Crippen molar-refractivity contribution in [2.24, 2.45) is 5.41 Å². The minimum Gasteiger partial charge on any atom is -0.507 e. The van der Waals surface area contributed by atoms with Crippen LogP contribution in [-0.4, -0.2) is 39.5 Å². The number of fused-ring (bicyclic) bond motifs is 2. The molecular weight excluding hydrogens is 593 g/mol. The number of ether oxygens (including phenoxy) is 3. The maximum Gasteiger partial charge on any atom is 0.201 e. The molecule has 46 heavy (non-hydrogen) atoms. The Balaban J connectivity index is 1.69. The molecule has 3 aromatic carbocycles. The summed E-state index contributed by atoms with van der Waals surface area (Å²) in [6.07, 6.45) is 2.63. The van der Waals surface area contributed by atoms with Crippen LogP contribution < -0.4 is 14.2 Å². The average molecular weight is 643 g/mol. The third-order valence-electron chi connectivity index (χ3n) is 10.6. The number of rotatable bonds is 9. The lowest BCUT2D eigenvalue weighted by Gasteiger charge is -2.45. The van der Waals surface area contributed by atoms with Crippen molar-refractivity contribution < 1.29 is 28.5 Å². The monoisotopic (exact) mass is 642 g/mol. The van der Waals surface area contributed by atoms with Crippen LogP contribution in [0.2, 0.25) is 18.1 Å². The van der Waals surface area contributed by atoms with Crippen molar-refractivity contribution in [2.45, 2.75) is 97.6 Å². The average Bonchev–Trinajstić information content (AvgIpc) is 3.00. The Morgan fingerprint density at radius 2 is 1.65 bits per heavy atom. The molecule has 0 spiro atoms. The molecule has 0 fully saturated rings. The van der Waals surface area contributed by atoms with E-state index < -0.39 is 8.32 Å². The van der Waals surface area contributed by atoms with E-state index in [0.717, 1.165) is 24.0 Å². The minimum absolute atomic E-state index is 0.0363. The first-order valence-electron chi connectivity index (χ1n) is 16.3. The third-order valence-corrected chi connectivity index (χ3v) is 15.1. The second-order valence-corrected chi connectivity index (χ2v) is 19.7. The molecule has 2 atom stereocenters. The van der Waals surface area contributed by atoms with Crippen LogP contribution in [0.4, 0.5) is 0 Å². The van der Waals surface area contributed by atoms with Gasteiger partial charge in [0.2, 0.25) is 5.78 Å². The van der Waals surface area contributed by atoms with Crippen molar-refractivity contribution in [3.05, 3.63) is 93.6 Å². The molecule has 0 aromatic heterocycles. The molecule has 2 aliphatic carbocycles. The van der Waals surface area contributed by atoms with Crippen LogP contribution in [0.3, 0.4) is 0 Å². The maximum absolute atomic E-state index is 14.4.